The topological polar surface area (TPSA) is 33.1 Å². The number of aromatic nitrogens is 2. The lowest BCUT2D eigenvalue weighted by Gasteiger charge is -2.13. The van der Waals surface area contributed by atoms with Crippen molar-refractivity contribution in [3.8, 4) is 0 Å². The van der Waals surface area contributed by atoms with Crippen LogP contribution >= 0.6 is 23.6 Å². The van der Waals surface area contributed by atoms with Gasteiger partial charge in [-0.1, -0.05) is 29.5 Å². The van der Waals surface area contributed by atoms with Gasteiger partial charge in [-0.3, -0.25) is 4.90 Å². The number of nitrogens with one attached hydrogen (secondary N) is 1. The van der Waals surface area contributed by atoms with E-state index in [1.807, 2.05) is 16.8 Å². The van der Waals surface area contributed by atoms with Crippen molar-refractivity contribution in [3.05, 3.63) is 33.8 Å². The standard InChI is InChI=1S/C14H18N4S2/c1-11-6-2-3-7-12(11)15-13-16-18(14(19)20-13)10-17-8-4-5-9-17/h2-3,6-7H,4-5,8-10H2,1H3,(H,15,16). The molecule has 20 heavy (non-hydrogen) atoms. The lowest BCUT2D eigenvalue weighted by Crippen LogP contribution is -2.23. The quantitative estimate of drug-likeness (QED) is 0.872. The van der Waals surface area contributed by atoms with Crippen LogP contribution in [0.3, 0.4) is 0 Å². The zero-order valence-corrected chi connectivity index (χ0v) is 13.1. The average molecular weight is 306 g/mol. The van der Waals surface area contributed by atoms with Crippen molar-refractivity contribution in [1.82, 2.24) is 14.7 Å². The summed E-state index contributed by atoms with van der Waals surface area (Å²) >= 11 is 6.94. The molecule has 0 aliphatic carbocycles. The molecule has 6 heteroatoms. The van der Waals surface area contributed by atoms with Gasteiger partial charge < -0.3 is 5.32 Å². The highest BCUT2D eigenvalue weighted by molar-refractivity contribution is 7.73. The van der Waals surface area contributed by atoms with E-state index in [9.17, 15) is 0 Å². The van der Waals surface area contributed by atoms with Crippen molar-refractivity contribution < 1.29 is 0 Å². The van der Waals surface area contributed by atoms with Gasteiger partial charge in [0.15, 0.2) is 3.95 Å². The van der Waals surface area contributed by atoms with Gasteiger partial charge in [-0.15, -0.1) is 5.10 Å². The maximum absolute atomic E-state index is 5.41. The molecule has 2 heterocycles. The molecule has 0 unspecified atom stereocenters. The minimum absolute atomic E-state index is 0.810. The normalized spacial score (nSPS) is 15.7. The van der Waals surface area contributed by atoms with Gasteiger partial charge in [0.05, 0.1) is 6.67 Å². The van der Waals surface area contributed by atoms with Crippen molar-refractivity contribution in [2.45, 2.75) is 26.4 Å². The van der Waals surface area contributed by atoms with E-state index in [4.69, 9.17) is 12.2 Å². The molecule has 3 rings (SSSR count). The third-order valence-corrected chi connectivity index (χ3v) is 4.75. The Kier molecular flexibility index (Phi) is 4.14. The number of hydrogen-bond donors (Lipinski definition) is 1. The molecule has 1 aliphatic heterocycles. The Morgan fingerprint density at radius 3 is 2.80 bits per heavy atom. The van der Waals surface area contributed by atoms with Crippen molar-refractivity contribution in [2.75, 3.05) is 18.4 Å². The highest BCUT2D eigenvalue weighted by Gasteiger charge is 2.13. The Morgan fingerprint density at radius 2 is 2.05 bits per heavy atom. The fraction of sp³-hybridized carbons (Fsp3) is 0.429. The Bertz CT molecular complexity index is 641. The molecule has 0 spiro atoms. The molecule has 1 N–H and O–H groups in total. The van der Waals surface area contributed by atoms with Crippen LogP contribution in [-0.2, 0) is 6.67 Å². The molecule has 0 radical (unpaired) electrons. The molecule has 2 aromatic rings. The van der Waals surface area contributed by atoms with Gasteiger partial charge >= 0.3 is 0 Å². The molecular weight excluding hydrogens is 288 g/mol. The molecule has 1 aromatic heterocycles. The Morgan fingerprint density at radius 1 is 1.30 bits per heavy atom. The van der Waals surface area contributed by atoms with Crippen LogP contribution in [-0.4, -0.2) is 27.8 Å². The lowest BCUT2D eigenvalue weighted by molar-refractivity contribution is 0.255. The monoisotopic (exact) mass is 306 g/mol. The largest absolute Gasteiger partial charge is 0.330 e. The van der Waals surface area contributed by atoms with Crippen LogP contribution in [0.5, 0.6) is 0 Å². The van der Waals surface area contributed by atoms with Gasteiger partial charge in [0.1, 0.15) is 0 Å². The van der Waals surface area contributed by atoms with Gasteiger partial charge in [0.2, 0.25) is 5.13 Å². The van der Waals surface area contributed by atoms with Crippen molar-refractivity contribution in [1.29, 1.82) is 0 Å². The first-order valence-electron chi connectivity index (χ1n) is 6.85. The third-order valence-electron chi connectivity index (χ3n) is 3.53. The molecular formula is C14H18N4S2. The molecule has 1 saturated heterocycles. The Balaban J connectivity index is 1.75. The predicted octanol–water partition coefficient (Wildman–Crippen LogP) is 3.78. The number of nitrogens with zero attached hydrogens (tertiary/aromatic N) is 3. The summed E-state index contributed by atoms with van der Waals surface area (Å²) in [4.78, 5) is 2.40. The van der Waals surface area contributed by atoms with Crippen LogP contribution in [0.2, 0.25) is 0 Å². The maximum Gasteiger partial charge on any atom is 0.209 e. The predicted molar refractivity (Wildman–Crippen MR) is 86.2 cm³/mol. The van der Waals surface area contributed by atoms with Crippen molar-refractivity contribution in [3.63, 3.8) is 0 Å². The summed E-state index contributed by atoms with van der Waals surface area (Å²) in [5.74, 6) is 0. The van der Waals surface area contributed by atoms with Crippen LogP contribution in [0.15, 0.2) is 24.3 Å². The SMILES string of the molecule is Cc1ccccc1Nc1nn(CN2CCCC2)c(=S)s1. The van der Waals surface area contributed by atoms with Gasteiger partial charge in [0.25, 0.3) is 0 Å². The summed E-state index contributed by atoms with van der Waals surface area (Å²) in [6.07, 6.45) is 2.57. The van der Waals surface area contributed by atoms with Crippen LogP contribution in [0.25, 0.3) is 0 Å². The van der Waals surface area contributed by atoms with Crippen molar-refractivity contribution in [2.24, 2.45) is 0 Å². The maximum atomic E-state index is 5.41. The van der Waals surface area contributed by atoms with E-state index in [-0.39, 0.29) is 0 Å². The molecule has 1 fully saturated rings. The summed E-state index contributed by atoms with van der Waals surface area (Å²) in [6, 6.07) is 8.21. The van der Waals surface area contributed by atoms with Crippen LogP contribution in [0.4, 0.5) is 10.8 Å². The summed E-state index contributed by atoms with van der Waals surface area (Å²) in [6.45, 7) is 5.20. The number of para-hydroxylation sites is 1. The van der Waals surface area contributed by atoms with Crippen LogP contribution < -0.4 is 5.32 Å². The minimum atomic E-state index is 0.810. The zero-order chi connectivity index (χ0) is 13.9. The Hall–Kier alpha value is -1.24. The zero-order valence-electron chi connectivity index (χ0n) is 11.5. The average Bonchev–Trinajstić information content (AvgIpc) is 3.04. The molecule has 4 nitrogen and oxygen atoms in total. The van der Waals surface area contributed by atoms with Gasteiger partial charge in [-0.05, 0) is 56.7 Å². The van der Waals surface area contributed by atoms with Crippen molar-refractivity contribution >= 4 is 34.4 Å². The number of hydrogen-bond acceptors (Lipinski definition) is 5. The second-order valence-corrected chi connectivity index (χ2v) is 6.70. The second kappa shape index (κ2) is 6.03. The van der Waals surface area contributed by atoms with E-state index in [2.05, 4.69) is 34.4 Å². The van der Waals surface area contributed by atoms with Crippen LogP contribution in [0.1, 0.15) is 18.4 Å². The number of anilines is 2. The van der Waals surface area contributed by atoms with E-state index < -0.39 is 0 Å². The highest BCUT2D eigenvalue weighted by atomic mass is 32.1. The van der Waals surface area contributed by atoms with Gasteiger partial charge in [-0.2, -0.15) is 0 Å². The molecule has 106 valence electrons. The molecule has 0 amide bonds. The number of benzene rings is 1. The van der Waals surface area contributed by atoms with E-state index in [0.29, 0.717) is 0 Å². The first kappa shape index (κ1) is 13.7. The van der Waals surface area contributed by atoms with Gasteiger partial charge in [0, 0.05) is 5.69 Å². The van der Waals surface area contributed by atoms with Gasteiger partial charge in [-0.25, -0.2) is 4.68 Å². The molecule has 1 aromatic carbocycles. The van der Waals surface area contributed by atoms with Crippen LogP contribution in [0, 0.1) is 10.9 Å². The molecule has 0 bridgehead atoms. The summed E-state index contributed by atoms with van der Waals surface area (Å²) in [5, 5.41) is 8.81. The van der Waals surface area contributed by atoms with E-state index in [1.54, 1.807) is 0 Å². The van der Waals surface area contributed by atoms with E-state index in [0.717, 1.165) is 34.5 Å². The summed E-state index contributed by atoms with van der Waals surface area (Å²) in [5.41, 5.74) is 2.30. The number of likely N-dealkylation sites (tertiary alicyclic amines) is 1. The lowest BCUT2D eigenvalue weighted by atomic mass is 10.2. The minimum Gasteiger partial charge on any atom is -0.330 e. The molecule has 0 saturated carbocycles. The smallest absolute Gasteiger partial charge is 0.209 e. The first-order chi connectivity index (χ1) is 9.72. The highest BCUT2D eigenvalue weighted by Crippen LogP contribution is 2.23. The van der Waals surface area contributed by atoms with E-state index in [1.165, 1.54) is 29.7 Å². The first-order valence-corrected chi connectivity index (χ1v) is 8.08. The molecule has 0 atom stereocenters. The fourth-order valence-electron chi connectivity index (χ4n) is 2.39. The summed E-state index contributed by atoms with van der Waals surface area (Å²) < 4.78 is 2.75. The third kappa shape index (κ3) is 3.08. The molecule has 1 aliphatic rings. The Labute approximate surface area is 128 Å². The number of aryl methyl sites for hydroxylation is 1. The van der Waals surface area contributed by atoms with E-state index >= 15 is 0 Å². The fourth-order valence-corrected chi connectivity index (χ4v) is 3.39. The number of rotatable bonds is 4. The second-order valence-electron chi connectivity index (χ2n) is 5.08. The summed E-state index contributed by atoms with van der Waals surface area (Å²) in [7, 11) is 0.